The molecule has 1 aromatic carbocycles. The molecule has 0 saturated carbocycles. The van der Waals surface area contributed by atoms with Crippen molar-refractivity contribution in [1.82, 2.24) is 9.97 Å². The van der Waals surface area contributed by atoms with Crippen LogP contribution in [-0.2, 0) is 9.84 Å². The standard InChI is InChI=1S/C14H17N3O3S/c1-3-10(2)20-14-16-12(15)9-13(17-14)21(18,19)11-7-5-4-6-8-11/h4-10H,3H2,1-2H3,(H2,15,16,17). The molecule has 1 heterocycles. The van der Waals surface area contributed by atoms with E-state index >= 15 is 0 Å². The maximum atomic E-state index is 12.5. The number of nitrogens with two attached hydrogens (primary N) is 1. The second-order valence-corrected chi connectivity index (χ2v) is 6.46. The van der Waals surface area contributed by atoms with Gasteiger partial charge in [0.05, 0.1) is 11.0 Å². The summed E-state index contributed by atoms with van der Waals surface area (Å²) in [6, 6.07) is 9.24. The first-order chi connectivity index (χ1) is 9.93. The molecular formula is C14H17N3O3S. The van der Waals surface area contributed by atoms with Crippen LogP contribution in [0.3, 0.4) is 0 Å². The molecule has 0 saturated heterocycles. The molecule has 0 bridgehead atoms. The van der Waals surface area contributed by atoms with Crippen molar-refractivity contribution in [3.8, 4) is 6.01 Å². The molecule has 0 amide bonds. The van der Waals surface area contributed by atoms with Gasteiger partial charge >= 0.3 is 6.01 Å². The van der Waals surface area contributed by atoms with Gasteiger partial charge < -0.3 is 10.5 Å². The third-order valence-corrected chi connectivity index (χ3v) is 4.56. The number of benzene rings is 1. The molecule has 1 aromatic heterocycles. The van der Waals surface area contributed by atoms with Gasteiger partial charge in [-0.3, -0.25) is 0 Å². The summed E-state index contributed by atoms with van der Waals surface area (Å²) >= 11 is 0. The quantitative estimate of drug-likeness (QED) is 0.850. The predicted octanol–water partition coefficient (Wildman–Crippen LogP) is 2.07. The van der Waals surface area contributed by atoms with Crippen molar-refractivity contribution in [2.75, 3.05) is 5.73 Å². The van der Waals surface area contributed by atoms with Gasteiger partial charge in [-0.1, -0.05) is 25.1 Å². The van der Waals surface area contributed by atoms with E-state index in [1.165, 1.54) is 18.2 Å². The molecule has 0 aliphatic rings. The molecule has 0 radical (unpaired) electrons. The average molecular weight is 307 g/mol. The highest BCUT2D eigenvalue weighted by molar-refractivity contribution is 7.91. The van der Waals surface area contributed by atoms with Crippen LogP contribution in [0.5, 0.6) is 6.01 Å². The molecule has 0 aliphatic heterocycles. The van der Waals surface area contributed by atoms with Gasteiger partial charge in [-0.05, 0) is 25.5 Å². The van der Waals surface area contributed by atoms with Crippen LogP contribution in [0.25, 0.3) is 0 Å². The third kappa shape index (κ3) is 3.49. The lowest BCUT2D eigenvalue weighted by Crippen LogP contribution is -2.14. The Morgan fingerprint density at radius 1 is 1.24 bits per heavy atom. The van der Waals surface area contributed by atoms with Crippen molar-refractivity contribution >= 4 is 15.7 Å². The number of anilines is 1. The lowest BCUT2D eigenvalue weighted by Gasteiger charge is -2.12. The number of ether oxygens (including phenoxy) is 1. The normalized spacial score (nSPS) is 12.9. The maximum absolute atomic E-state index is 12.5. The van der Waals surface area contributed by atoms with E-state index in [9.17, 15) is 8.42 Å². The van der Waals surface area contributed by atoms with Gasteiger partial charge in [-0.2, -0.15) is 9.97 Å². The SMILES string of the molecule is CCC(C)Oc1nc(N)cc(S(=O)(=O)c2ccccc2)n1. The zero-order chi connectivity index (χ0) is 15.5. The molecule has 2 aromatic rings. The van der Waals surface area contributed by atoms with Crippen molar-refractivity contribution in [3.05, 3.63) is 36.4 Å². The Hall–Kier alpha value is -2.15. The Kier molecular flexibility index (Phi) is 4.42. The minimum absolute atomic E-state index is 0.0288. The van der Waals surface area contributed by atoms with Crippen LogP contribution in [0.4, 0.5) is 5.82 Å². The predicted molar refractivity (Wildman–Crippen MR) is 78.7 cm³/mol. The highest BCUT2D eigenvalue weighted by Crippen LogP contribution is 2.22. The average Bonchev–Trinajstić information content (AvgIpc) is 2.47. The summed E-state index contributed by atoms with van der Waals surface area (Å²) in [4.78, 5) is 8.03. The molecule has 6 nitrogen and oxygen atoms in total. The van der Waals surface area contributed by atoms with Gasteiger partial charge in [-0.15, -0.1) is 0 Å². The zero-order valence-electron chi connectivity index (χ0n) is 11.9. The second kappa shape index (κ2) is 6.09. The number of hydrogen-bond donors (Lipinski definition) is 1. The second-order valence-electron chi connectivity index (χ2n) is 4.57. The summed E-state index contributed by atoms with van der Waals surface area (Å²) in [5.74, 6) is 0.0535. The Morgan fingerprint density at radius 2 is 1.90 bits per heavy atom. The van der Waals surface area contributed by atoms with Gasteiger partial charge in [0.15, 0.2) is 5.03 Å². The Labute approximate surface area is 123 Å². The van der Waals surface area contributed by atoms with E-state index < -0.39 is 9.84 Å². The van der Waals surface area contributed by atoms with E-state index in [1.807, 2.05) is 13.8 Å². The molecule has 0 spiro atoms. The molecule has 1 unspecified atom stereocenters. The van der Waals surface area contributed by atoms with Crippen LogP contribution >= 0.6 is 0 Å². The first-order valence-electron chi connectivity index (χ1n) is 6.55. The van der Waals surface area contributed by atoms with Crippen LogP contribution in [0, 0.1) is 0 Å². The topological polar surface area (TPSA) is 95.2 Å². The first kappa shape index (κ1) is 15.2. The summed E-state index contributed by atoms with van der Waals surface area (Å²) < 4.78 is 30.4. The van der Waals surface area contributed by atoms with E-state index in [0.717, 1.165) is 6.42 Å². The van der Waals surface area contributed by atoms with Gasteiger partial charge in [-0.25, -0.2) is 8.42 Å². The van der Waals surface area contributed by atoms with Gasteiger partial charge in [0.1, 0.15) is 5.82 Å². The lowest BCUT2D eigenvalue weighted by atomic mass is 10.3. The molecule has 2 N–H and O–H groups in total. The molecule has 7 heteroatoms. The third-order valence-electron chi connectivity index (χ3n) is 2.91. The minimum atomic E-state index is -3.74. The number of sulfone groups is 1. The summed E-state index contributed by atoms with van der Waals surface area (Å²) in [6.07, 6.45) is 0.623. The fourth-order valence-corrected chi connectivity index (χ4v) is 2.83. The van der Waals surface area contributed by atoms with E-state index in [0.29, 0.717) is 0 Å². The molecule has 112 valence electrons. The highest BCUT2D eigenvalue weighted by atomic mass is 32.2. The Balaban J connectivity index is 2.44. The molecule has 1 atom stereocenters. The monoisotopic (exact) mass is 307 g/mol. The van der Waals surface area contributed by atoms with Gasteiger partial charge in [0.25, 0.3) is 0 Å². The Bertz CT molecular complexity index is 717. The Morgan fingerprint density at radius 3 is 2.52 bits per heavy atom. The van der Waals surface area contributed by atoms with E-state index in [2.05, 4.69) is 9.97 Å². The number of nitrogen functional groups attached to an aromatic ring is 1. The van der Waals surface area contributed by atoms with Crippen molar-refractivity contribution in [1.29, 1.82) is 0 Å². The van der Waals surface area contributed by atoms with Crippen molar-refractivity contribution in [3.63, 3.8) is 0 Å². The van der Waals surface area contributed by atoms with Crippen LogP contribution < -0.4 is 10.5 Å². The fraction of sp³-hybridized carbons (Fsp3) is 0.286. The van der Waals surface area contributed by atoms with Crippen LogP contribution in [0.2, 0.25) is 0 Å². The zero-order valence-corrected chi connectivity index (χ0v) is 12.7. The van der Waals surface area contributed by atoms with Crippen LogP contribution in [0.15, 0.2) is 46.3 Å². The van der Waals surface area contributed by atoms with E-state index in [-0.39, 0.29) is 27.9 Å². The summed E-state index contributed by atoms with van der Waals surface area (Å²) in [5.41, 5.74) is 5.66. The largest absolute Gasteiger partial charge is 0.460 e. The summed E-state index contributed by atoms with van der Waals surface area (Å²) in [6.45, 7) is 3.79. The molecular weight excluding hydrogens is 290 g/mol. The van der Waals surface area contributed by atoms with Crippen molar-refractivity contribution in [2.45, 2.75) is 36.3 Å². The van der Waals surface area contributed by atoms with Crippen molar-refractivity contribution < 1.29 is 13.2 Å². The molecule has 21 heavy (non-hydrogen) atoms. The summed E-state index contributed by atoms with van der Waals surface area (Å²) in [7, 11) is -3.74. The highest BCUT2D eigenvalue weighted by Gasteiger charge is 2.21. The van der Waals surface area contributed by atoms with Gasteiger partial charge in [0.2, 0.25) is 9.84 Å². The first-order valence-corrected chi connectivity index (χ1v) is 8.03. The number of aromatic nitrogens is 2. The molecule has 0 aliphatic carbocycles. The number of nitrogens with zero attached hydrogens (tertiary/aromatic N) is 2. The van der Waals surface area contributed by atoms with Crippen LogP contribution in [-0.4, -0.2) is 24.5 Å². The number of rotatable bonds is 5. The summed E-state index contributed by atoms with van der Waals surface area (Å²) in [5, 5.41) is -0.167. The van der Waals surface area contributed by atoms with Gasteiger partial charge in [0, 0.05) is 6.07 Å². The van der Waals surface area contributed by atoms with E-state index in [4.69, 9.17) is 10.5 Å². The maximum Gasteiger partial charge on any atom is 0.319 e. The molecule has 0 fully saturated rings. The smallest absolute Gasteiger partial charge is 0.319 e. The fourth-order valence-electron chi connectivity index (χ4n) is 1.59. The number of hydrogen-bond acceptors (Lipinski definition) is 6. The lowest BCUT2D eigenvalue weighted by molar-refractivity contribution is 0.198. The minimum Gasteiger partial charge on any atom is -0.460 e. The van der Waals surface area contributed by atoms with Crippen LogP contribution in [0.1, 0.15) is 20.3 Å². The molecule has 2 rings (SSSR count). The van der Waals surface area contributed by atoms with Crippen molar-refractivity contribution in [2.24, 2.45) is 0 Å². The van der Waals surface area contributed by atoms with E-state index in [1.54, 1.807) is 18.2 Å².